The first-order chi connectivity index (χ1) is 11.5. The standard InChI is InChI=1S/C17H23N3O4/c1-5-13-11(4)8-14(23-13)17(21)20-6-7-22-9-12(20)16-19-18-15(24-16)10(2)3/h8,10,12H,5-7,9H2,1-4H3/t12-/m1/s1. The van der Waals surface area contributed by atoms with E-state index >= 15 is 0 Å². The molecule has 0 aliphatic carbocycles. The van der Waals surface area contributed by atoms with Crippen LogP contribution in [0.5, 0.6) is 0 Å². The number of hydrogen-bond donors (Lipinski definition) is 0. The maximum atomic E-state index is 12.9. The molecule has 3 rings (SSSR count). The quantitative estimate of drug-likeness (QED) is 0.856. The second kappa shape index (κ2) is 6.76. The number of aromatic nitrogens is 2. The number of carbonyl (C=O) groups is 1. The fraction of sp³-hybridized carbons (Fsp3) is 0.588. The van der Waals surface area contributed by atoms with Crippen LogP contribution in [-0.4, -0.2) is 40.8 Å². The van der Waals surface area contributed by atoms with E-state index in [1.54, 1.807) is 11.0 Å². The summed E-state index contributed by atoms with van der Waals surface area (Å²) in [6.45, 7) is 9.20. The van der Waals surface area contributed by atoms with Gasteiger partial charge in [0.1, 0.15) is 11.8 Å². The van der Waals surface area contributed by atoms with Crippen LogP contribution < -0.4 is 0 Å². The molecule has 0 unspecified atom stereocenters. The normalized spacial score (nSPS) is 18.4. The number of rotatable bonds is 4. The summed E-state index contributed by atoms with van der Waals surface area (Å²) < 4.78 is 17.0. The highest BCUT2D eigenvalue weighted by Crippen LogP contribution is 2.27. The number of carbonyl (C=O) groups excluding carboxylic acids is 1. The topological polar surface area (TPSA) is 81.6 Å². The van der Waals surface area contributed by atoms with Gasteiger partial charge < -0.3 is 18.5 Å². The molecule has 0 saturated carbocycles. The van der Waals surface area contributed by atoms with Gasteiger partial charge in [-0.15, -0.1) is 10.2 Å². The lowest BCUT2D eigenvalue weighted by molar-refractivity contribution is -0.0122. The molecule has 24 heavy (non-hydrogen) atoms. The van der Waals surface area contributed by atoms with Crippen molar-refractivity contribution in [3.05, 3.63) is 34.9 Å². The number of morpholine rings is 1. The van der Waals surface area contributed by atoms with Crippen molar-refractivity contribution in [2.45, 2.75) is 46.1 Å². The van der Waals surface area contributed by atoms with Crippen molar-refractivity contribution < 1.29 is 18.4 Å². The van der Waals surface area contributed by atoms with Gasteiger partial charge in [0.15, 0.2) is 5.76 Å². The molecule has 2 aromatic rings. The van der Waals surface area contributed by atoms with Crippen LogP contribution in [0.4, 0.5) is 0 Å². The summed E-state index contributed by atoms with van der Waals surface area (Å²) >= 11 is 0. The molecule has 1 amide bonds. The van der Waals surface area contributed by atoms with Gasteiger partial charge in [0.2, 0.25) is 11.8 Å². The smallest absolute Gasteiger partial charge is 0.290 e. The number of amides is 1. The van der Waals surface area contributed by atoms with E-state index in [1.165, 1.54) is 0 Å². The average molecular weight is 333 g/mol. The zero-order valence-corrected chi connectivity index (χ0v) is 14.5. The Kier molecular flexibility index (Phi) is 4.71. The van der Waals surface area contributed by atoms with E-state index in [0.717, 1.165) is 17.7 Å². The van der Waals surface area contributed by atoms with Crippen molar-refractivity contribution in [3.8, 4) is 0 Å². The van der Waals surface area contributed by atoms with Gasteiger partial charge in [-0.2, -0.15) is 0 Å². The monoisotopic (exact) mass is 333 g/mol. The van der Waals surface area contributed by atoms with E-state index < -0.39 is 0 Å². The molecule has 0 bridgehead atoms. The van der Waals surface area contributed by atoms with Crippen molar-refractivity contribution in [2.24, 2.45) is 0 Å². The first kappa shape index (κ1) is 16.7. The van der Waals surface area contributed by atoms with E-state index in [0.29, 0.717) is 37.3 Å². The fourth-order valence-corrected chi connectivity index (χ4v) is 2.78. The summed E-state index contributed by atoms with van der Waals surface area (Å²) in [6.07, 6.45) is 0.757. The lowest BCUT2D eigenvalue weighted by Crippen LogP contribution is -2.43. The highest BCUT2D eigenvalue weighted by atomic mass is 16.5. The molecule has 0 aromatic carbocycles. The van der Waals surface area contributed by atoms with E-state index in [9.17, 15) is 4.79 Å². The lowest BCUT2D eigenvalue weighted by atomic mass is 10.2. The molecule has 7 heteroatoms. The van der Waals surface area contributed by atoms with Gasteiger partial charge in [0.05, 0.1) is 13.2 Å². The minimum atomic E-state index is -0.387. The third kappa shape index (κ3) is 3.08. The zero-order chi connectivity index (χ0) is 17.3. The van der Waals surface area contributed by atoms with Crippen LogP contribution in [0.3, 0.4) is 0 Å². The number of nitrogens with zero attached hydrogens (tertiary/aromatic N) is 3. The molecule has 7 nitrogen and oxygen atoms in total. The van der Waals surface area contributed by atoms with Gasteiger partial charge in [-0.1, -0.05) is 20.8 Å². The first-order valence-electron chi connectivity index (χ1n) is 8.32. The molecule has 2 aromatic heterocycles. The predicted octanol–water partition coefficient (Wildman–Crippen LogP) is 2.87. The highest BCUT2D eigenvalue weighted by Gasteiger charge is 2.35. The van der Waals surface area contributed by atoms with Crippen LogP contribution in [0.15, 0.2) is 14.9 Å². The van der Waals surface area contributed by atoms with Crippen molar-refractivity contribution >= 4 is 5.91 Å². The summed E-state index contributed by atoms with van der Waals surface area (Å²) in [5.74, 6) is 2.12. The Morgan fingerprint density at radius 2 is 2.17 bits per heavy atom. The summed E-state index contributed by atoms with van der Waals surface area (Å²) in [5, 5.41) is 8.16. The summed E-state index contributed by atoms with van der Waals surface area (Å²) in [4.78, 5) is 14.6. The number of furan rings is 1. The van der Waals surface area contributed by atoms with E-state index in [4.69, 9.17) is 13.6 Å². The van der Waals surface area contributed by atoms with Crippen LogP contribution in [0.2, 0.25) is 0 Å². The third-order valence-corrected chi connectivity index (χ3v) is 4.18. The predicted molar refractivity (Wildman–Crippen MR) is 85.8 cm³/mol. The third-order valence-electron chi connectivity index (χ3n) is 4.18. The van der Waals surface area contributed by atoms with Crippen LogP contribution in [-0.2, 0) is 11.2 Å². The zero-order valence-electron chi connectivity index (χ0n) is 14.5. The molecule has 1 aliphatic heterocycles. The molecule has 3 heterocycles. The fourth-order valence-electron chi connectivity index (χ4n) is 2.78. The highest BCUT2D eigenvalue weighted by molar-refractivity contribution is 5.92. The molecule has 1 fully saturated rings. The Labute approximate surface area is 141 Å². The first-order valence-corrected chi connectivity index (χ1v) is 8.32. The average Bonchev–Trinajstić information content (AvgIpc) is 3.21. The van der Waals surface area contributed by atoms with Gasteiger partial charge in [-0.3, -0.25) is 4.79 Å². The molecule has 1 saturated heterocycles. The molecule has 130 valence electrons. The molecule has 1 atom stereocenters. The van der Waals surface area contributed by atoms with Gasteiger partial charge in [0.25, 0.3) is 5.91 Å². The minimum Gasteiger partial charge on any atom is -0.456 e. The maximum Gasteiger partial charge on any atom is 0.290 e. The number of hydrogen-bond acceptors (Lipinski definition) is 6. The van der Waals surface area contributed by atoms with E-state index in [1.807, 2.05) is 27.7 Å². The van der Waals surface area contributed by atoms with E-state index in [2.05, 4.69) is 10.2 Å². The van der Waals surface area contributed by atoms with Gasteiger partial charge in [-0.05, 0) is 18.6 Å². The van der Waals surface area contributed by atoms with Gasteiger partial charge >= 0.3 is 0 Å². The number of aryl methyl sites for hydroxylation is 2. The summed E-state index contributed by atoms with van der Waals surface area (Å²) in [5.41, 5.74) is 0.991. The summed E-state index contributed by atoms with van der Waals surface area (Å²) in [6, 6.07) is 1.41. The molecular formula is C17H23N3O4. The SMILES string of the molecule is CCc1oc(C(=O)N2CCOC[C@@H]2c2nnc(C(C)C)o2)cc1C. The van der Waals surface area contributed by atoms with Crippen LogP contribution in [0, 0.1) is 6.92 Å². The Morgan fingerprint density at radius 1 is 1.38 bits per heavy atom. The van der Waals surface area contributed by atoms with Crippen molar-refractivity contribution in [1.29, 1.82) is 0 Å². The molecule has 0 N–H and O–H groups in total. The van der Waals surface area contributed by atoms with Crippen molar-refractivity contribution in [3.63, 3.8) is 0 Å². The molecule has 0 spiro atoms. The second-order valence-electron chi connectivity index (χ2n) is 6.29. The van der Waals surface area contributed by atoms with E-state index in [-0.39, 0.29) is 17.9 Å². The number of ether oxygens (including phenoxy) is 1. The van der Waals surface area contributed by atoms with Crippen LogP contribution in [0.25, 0.3) is 0 Å². The second-order valence-corrected chi connectivity index (χ2v) is 6.29. The Bertz CT molecular complexity index is 719. The van der Waals surface area contributed by atoms with Crippen molar-refractivity contribution in [2.75, 3.05) is 19.8 Å². The Balaban J connectivity index is 1.86. The lowest BCUT2D eigenvalue weighted by Gasteiger charge is -2.32. The van der Waals surface area contributed by atoms with Crippen molar-refractivity contribution in [1.82, 2.24) is 15.1 Å². The maximum absolute atomic E-state index is 12.9. The summed E-state index contributed by atoms with van der Waals surface area (Å²) in [7, 11) is 0. The Morgan fingerprint density at radius 3 is 2.79 bits per heavy atom. The Hall–Kier alpha value is -2.15. The van der Waals surface area contributed by atoms with Crippen LogP contribution >= 0.6 is 0 Å². The van der Waals surface area contributed by atoms with Gasteiger partial charge in [0, 0.05) is 18.9 Å². The minimum absolute atomic E-state index is 0.139. The molecule has 1 aliphatic rings. The molecular weight excluding hydrogens is 310 g/mol. The van der Waals surface area contributed by atoms with Crippen LogP contribution in [0.1, 0.15) is 66.4 Å². The largest absolute Gasteiger partial charge is 0.456 e. The van der Waals surface area contributed by atoms with Gasteiger partial charge in [-0.25, -0.2) is 0 Å². The molecule has 0 radical (unpaired) electrons.